The number of nitrogens with one attached hydrogen (secondary N) is 1. The summed E-state index contributed by atoms with van der Waals surface area (Å²) in [5.74, 6) is 2.85. The van der Waals surface area contributed by atoms with Gasteiger partial charge in [0.1, 0.15) is 0 Å². The molecule has 0 saturated carbocycles. The second-order valence-corrected chi connectivity index (χ2v) is 6.96. The van der Waals surface area contributed by atoms with Gasteiger partial charge < -0.3 is 15.1 Å². The Labute approximate surface area is 147 Å². The summed E-state index contributed by atoms with van der Waals surface area (Å²) in [6.07, 6.45) is 10.9. The van der Waals surface area contributed by atoms with Crippen molar-refractivity contribution in [1.82, 2.24) is 20.0 Å². The Morgan fingerprint density at radius 1 is 1.12 bits per heavy atom. The molecule has 1 amide bonds. The molecular weight excluding hydrogens is 300 g/mol. The average Bonchev–Trinajstić information content (AvgIpc) is 2.62. The van der Waals surface area contributed by atoms with Crippen LogP contribution in [0.3, 0.4) is 0 Å². The zero-order valence-corrected chi connectivity index (χ0v) is 15.3. The molecule has 1 N–H and O–H groups in total. The number of rotatable bonds is 8. The van der Waals surface area contributed by atoms with Gasteiger partial charge in [0.25, 0.3) is 0 Å². The number of likely N-dealkylation sites (N-methyl/N-ethyl adjacent to an activating group) is 1. The maximum atomic E-state index is 12.4. The van der Waals surface area contributed by atoms with Gasteiger partial charge in [0.15, 0.2) is 0 Å². The van der Waals surface area contributed by atoms with Crippen molar-refractivity contribution >= 4 is 5.91 Å². The molecule has 5 heteroatoms. The van der Waals surface area contributed by atoms with Crippen LogP contribution in [-0.4, -0.2) is 85.6 Å². The summed E-state index contributed by atoms with van der Waals surface area (Å²) in [7, 11) is 0. The van der Waals surface area contributed by atoms with E-state index in [1.807, 2.05) is 0 Å². The minimum Gasteiger partial charge on any atom is -0.355 e. The smallest absolute Gasteiger partial charge is 0.237 e. The molecule has 0 spiro atoms. The molecule has 0 bridgehead atoms. The molecule has 0 aromatic rings. The molecular formula is C19H34N4O. The maximum absolute atomic E-state index is 12.4. The van der Waals surface area contributed by atoms with Gasteiger partial charge in [-0.2, -0.15) is 0 Å². The van der Waals surface area contributed by atoms with Crippen molar-refractivity contribution in [3.8, 4) is 12.3 Å². The average molecular weight is 335 g/mol. The van der Waals surface area contributed by atoms with Crippen LogP contribution in [0.1, 0.15) is 39.0 Å². The Morgan fingerprint density at radius 3 is 2.58 bits per heavy atom. The molecule has 2 aliphatic heterocycles. The van der Waals surface area contributed by atoms with Gasteiger partial charge in [0.2, 0.25) is 5.91 Å². The molecule has 1 atom stereocenters. The molecule has 2 aliphatic rings. The number of nitrogens with zero attached hydrogens (tertiary/aromatic N) is 3. The van der Waals surface area contributed by atoms with Crippen LogP contribution in [-0.2, 0) is 4.79 Å². The minimum absolute atomic E-state index is 0.0167. The lowest BCUT2D eigenvalue weighted by molar-refractivity contribution is -0.127. The number of terminal acetylenes is 1. The van der Waals surface area contributed by atoms with Crippen molar-refractivity contribution in [2.75, 3.05) is 58.9 Å². The third-order valence-corrected chi connectivity index (χ3v) is 5.32. The van der Waals surface area contributed by atoms with Gasteiger partial charge in [-0.1, -0.05) is 19.3 Å². The first kappa shape index (κ1) is 19.2. The van der Waals surface area contributed by atoms with Crippen molar-refractivity contribution in [2.24, 2.45) is 0 Å². The molecule has 2 fully saturated rings. The molecule has 0 unspecified atom stereocenters. The van der Waals surface area contributed by atoms with E-state index in [4.69, 9.17) is 6.42 Å². The van der Waals surface area contributed by atoms with Crippen molar-refractivity contribution in [2.45, 2.75) is 45.1 Å². The van der Waals surface area contributed by atoms with Crippen LogP contribution in [0, 0.1) is 12.3 Å². The van der Waals surface area contributed by atoms with Crippen LogP contribution in [0.4, 0.5) is 0 Å². The Morgan fingerprint density at radius 2 is 1.88 bits per heavy atom. The van der Waals surface area contributed by atoms with E-state index >= 15 is 0 Å². The number of piperidine rings is 1. The molecule has 2 saturated heterocycles. The van der Waals surface area contributed by atoms with E-state index in [9.17, 15) is 4.79 Å². The molecule has 136 valence electrons. The topological polar surface area (TPSA) is 38.8 Å². The highest BCUT2D eigenvalue weighted by molar-refractivity contribution is 5.81. The first-order valence-electron chi connectivity index (χ1n) is 9.64. The van der Waals surface area contributed by atoms with Crippen molar-refractivity contribution in [3.05, 3.63) is 0 Å². The van der Waals surface area contributed by atoms with Crippen LogP contribution in [0.25, 0.3) is 0 Å². The van der Waals surface area contributed by atoms with Gasteiger partial charge in [0, 0.05) is 32.7 Å². The normalized spacial score (nSPS) is 23.8. The highest BCUT2D eigenvalue weighted by Gasteiger charge is 2.27. The number of piperazine rings is 1. The van der Waals surface area contributed by atoms with Crippen LogP contribution in [0.2, 0.25) is 0 Å². The monoisotopic (exact) mass is 334 g/mol. The maximum Gasteiger partial charge on any atom is 0.237 e. The number of likely N-dealkylation sites (tertiary alicyclic amines) is 1. The first-order valence-corrected chi connectivity index (χ1v) is 9.64. The molecule has 0 aliphatic carbocycles. The van der Waals surface area contributed by atoms with Gasteiger partial charge in [-0.05, 0) is 45.3 Å². The molecule has 24 heavy (non-hydrogen) atoms. The quantitative estimate of drug-likeness (QED) is 0.531. The van der Waals surface area contributed by atoms with E-state index in [1.165, 1.54) is 26.2 Å². The lowest BCUT2D eigenvalue weighted by Gasteiger charge is -2.34. The van der Waals surface area contributed by atoms with Crippen molar-refractivity contribution in [3.63, 3.8) is 0 Å². The van der Waals surface area contributed by atoms with Gasteiger partial charge in [-0.3, -0.25) is 9.69 Å². The second-order valence-electron chi connectivity index (χ2n) is 6.96. The zero-order valence-electron chi connectivity index (χ0n) is 15.3. The number of carbonyl (C=O) groups excluding carboxylic acids is 1. The second kappa shape index (κ2) is 10.7. The zero-order chi connectivity index (χ0) is 17.2. The fourth-order valence-corrected chi connectivity index (χ4v) is 3.71. The number of hydrogen-bond donors (Lipinski definition) is 1. The van der Waals surface area contributed by atoms with E-state index in [1.54, 1.807) is 0 Å². The summed E-state index contributed by atoms with van der Waals surface area (Å²) in [5.41, 5.74) is 0. The highest BCUT2D eigenvalue weighted by Crippen LogP contribution is 2.16. The molecule has 0 radical (unpaired) electrons. The first-order chi connectivity index (χ1) is 11.7. The molecule has 0 aromatic carbocycles. The number of hydrogen-bond acceptors (Lipinski definition) is 4. The number of amides is 1. The van der Waals surface area contributed by atoms with Gasteiger partial charge in [-0.25, -0.2) is 0 Å². The summed E-state index contributed by atoms with van der Waals surface area (Å²) in [4.78, 5) is 19.6. The standard InChI is InChI=1S/C19H34N4O/c1-3-11-23-13-7-5-9-18(23)19(24)20-10-6-8-12-22-16-14-21(4-2)15-17-22/h1,18H,4-17H2,2H3,(H,20,24)/t18-/m1/s1. The van der Waals surface area contributed by atoms with E-state index in [0.717, 1.165) is 58.3 Å². The van der Waals surface area contributed by atoms with E-state index < -0.39 is 0 Å². The predicted octanol–water partition coefficient (Wildman–Crippen LogP) is 1.01. The van der Waals surface area contributed by atoms with Gasteiger partial charge in [-0.15, -0.1) is 6.42 Å². The third kappa shape index (κ3) is 6.08. The Hall–Kier alpha value is -1.09. The fourth-order valence-electron chi connectivity index (χ4n) is 3.71. The number of unbranched alkanes of at least 4 members (excludes halogenated alkanes) is 1. The molecule has 0 aromatic heterocycles. The summed E-state index contributed by atoms with van der Waals surface area (Å²) in [6, 6.07) is -0.0167. The van der Waals surface area contributed by atoms with E-state index in [2.05, 4.69) is 32.9 Å². The van der Waals surface area contributed by atoms with Crippen LogP contribution >= 0.6 is 0 Å². The van der Waals surface area contributed by atoms with E-state index in [-0.39, 0.29) is 11.9 Å². The largest absolute Gasteiger partial charge is 0.355 e. The molecule has 5 nitrogen and oxygen atoms in total. The summed E-state index contributed by atoms with van der Waals surface area (Å²) >= 11 is 0. The molecule has 2 heterocycles. The van der Waals surface area contributed by atoms with Gasteiger partial charge in [0.05, 0.1) is 12.6 Å². The summed E-state index contributed by atoms with van der Waals surface area (Å²) < 4.78 is 0. The Balaban J connectivity index is 1.57. The Bertz CT molecular complexity index is 412. The summed E-state index contributed by atoms with van der Waals surface area (Å²) in [5, 5.41) is 3.12. The summed E-state index contributed by atoms with van der Waals surface area (Å²) in [6.45, 7) is 11.6. The van der Waals surface area contributed by atoms with Crippen molar-refractivity contribution in [1.29, 1.82) is 0 Å². The van der Waals surface area contributed by atoms with Crippen molar-refractivity contribution < 1.29 is 4.79 Å². The lowest BCUT2D eigenvalue weighted by atomic mass is 10.0. The van der Waals surface area contributed by atoms with E-state index in [0.29, 0.717) is 6.54 Å². The minimum atomic E-state index is -0.0167. The molecule has 2 rings (SSSR count). The SMILES string of the molecule is C#CCN1CCCC[C@@H]1C(=O)NCCCCN1CCN(CC)CC1. The predicted molar refractivity (Wildman–Crippen MR) is 98.8 cm³/mol. The van der Waals surface area contributed by atoms with Crippen LogP contribution in [0.15, 0.2) is 0 Å². The highest BCUT2D eigenvalue weighted by atomic mass is 16.2. The fraction of sp³-hybridized carbons (Fsp3) is 0.842. The van der Waals surface area contributed by atoms with Crippen LogP contribution < -0.4 is 5.32 Å². The van der Waals surface area contributed by atoms with Crippen LogP contribution in [0.5, 0.6) is 0 Å². The third-order valence-electron chi connectivity index (χ3n) is 5.32. The lowest BCUT2D eigenvalue weighted by Crippen LogP contribution is -2.49. The van der Waals surface area contributed by atoms with Gasteiger partial charge >= 0.3 is 0 Å². The Kier molecular flexibility index (Phi) is 8.58. The number of carbonyl (C=O) groups is 1.